The summed E-state index contributed by atoms with van der Waals surface area (Å²) in [4.78, 5) is 0. The van der Waals surface area contributed by atoms with E-state index in [2.05, 4.69) is 42.5 Å². The Kier molecular flexibility index (Phi) is 5.97. The molecule has 2 rings (SSSR count). The highest BCUT2D eigenvalue weighted by atomic mass is 19.3. The number of benzene rings is 2. The van der Waals surface area contributed by atoms with Gasteiger partial charge in [-0.25, -0.2) is 8.78 Å². The highest BCUT2D eigenvalue weighted by Crippen LogP contribution is 2.20. The molecule has 0 nitrogen and oxygen atoms in total. The van der Waals surface area contributed by atoms with Gasteiger partial charge in [0.15, 0.2) is 0 Å². The van der Waals surface area contributed by atoms with Gasteiger partial charge in [0.25, 0.3) is 0 Å². The molecule has 108 valence electrons. The zero-order valence-corrected chi connectivity index (χ0v) is 11.8. The van der Waals surface area contributed by atoms with Crippen molar-refractivity contribution in [3.05, 3.63) is 48.0 Å². The fourth-order valence-electron chi connectivity index (χ4n) is 2.65. The van der Waals surface area contributed by atoms with Crippen LogP contribution in [0.25, 0.3) is 10.8 Å². The van der Waals surface area contributed by atoms with Crippen LogP contribution in [0.2, 0.25) is 0 Å². The lowest BCUT2D eigenvalue weighted by molar-refractivity contribution is 0.133. The van der Waals surface area contributed by atoms with Gasteiger partial charge in [-0.05, 0) is 35.6 Å². The van der Waals surface area contributed by atoms with E-state index in [0.29, 0.717) is 6.42 Å². The summed E-state index contributed by atoms with van der Waals surface area (Å²) in [6, 6.07) is 14.9. The molecule has 0 unspecified atom stereocenters. The van der Waals surface area contributed by atoms with Crippen LogP contribution in [0.1, 0.15) is 44.1 Å². The number of hydrogen-bond donors (Lipinski definition) is 0. The number of fused-ring (bicyclic) bond motifs is 1. The lowest BCUT2D eigenvalue weighted by atomic mass is 9.99. The molecule has 0 aliphatic rings. The highest BCUT2D eigenvalue weighted by Gasteiger charge is 2.02. The number of alkyl halides is 2. The topological polar surface area (TPSA) is 0 Å². The standard InChI is InChI=1S/C18H22F2/c19-18(20)14-5-3-1-2-4-9-15-11-8-12-16-10-6-7-13-17(15)16/h6-8,10-13,18H,1-5,9,14H2. The van der Waals surface area contributed by atoms with E-state index in [1.165, 1.54) is 16.3 Å². The van der Waals surface area contributed by atoms with Crippen LogP contribution < -0.4 is 0 Å². The Morgan fingerprint density at radius 3 is 2.30 bits per heavy atom. The van der Waals surface area contributed by atoms with Crippen LogP contribution in [0.15, 0.2) is 42.5 Å². The monoisotopic (exact) mass is 276 g/mol. The zero-order valence-electron chi connectivity index (χ0n) is 11.8. The summed E-state index contributed by atoms with van der Waals surface area (Å²) in [7, 11) is 0. The van der Waals surface area contributed by atoms with Gasteiger partial charge in [0, 0.05) is 6.42 Å². The molecule has 0 heterocycles. The second-order valence-electron chi connectivity index (χ2n) is 5.34. The Balaban J connectivity index is 1.73. The number of aryl methyl sites for hydroxylation is 1. The van der Waals surface area contributed by atoms with Crippen molar-refractivity contribution in [2.24, 2.45) is 0 Å². The summed E-state index contributed by atoms with van der Waals surface area (Å²) < 4.78 is 24.0. The third kappa shape index (κ3) is 4.59. The van der Waals surface area contributed by atoms with E-state index in [1.54, 1.807) is 0 Å². The summed E-state index contributed by atoms with van der Waals surface area (Å²) in [5.41, 5.74) is 1.40. The number of unbranched alkanes of at least 4 members (excludes halogenated alkanes) is 4. The summed E-state index contributed by atoms with van der Waals surface area (Å²) in [6.07, 6.45) is 3.93. The number of hydrogen-bond acceptors (Lipinski definition) is 0. The second kappa shape index (κ2) is 7.98. The van der Waals surface area contributed by atoms with Crippen molar-refractivity contribution in [1.82, 2.24) is 0 Å². The molecule has 2 heteroatoms. The van der Waals surface area contributed by atoms with Gasteiger partial charge in [0.2, 0.25) is 6.43 Å². The van der Waals surface area contributed by atoms with Crippen molar-refractivity contribution in [1.29, 1.82) is 0 Å². The van der Waals surface area contributed by atoms with E-state index in [0.717, 1.165) is 32.1 Å². The predicted octanol–water partition coefficient (Wildman–Crippen LogP) is 5.99. The Labute approximate surface area is 119 Å². The van der Waals surface area contributed by atoms with Crippen LogP contribution in [-0.4, -0.2) is 6.43 Å². The van der Waals surface area contributed by atoms with Gasteiger partial charge in [0.05, 0.1) is 0 Å². The Morgan fingerprint density at radius 2 is 1.45 bits per heavy atom. The second-order valence-corrected chi connectivity index (χ2v) is 5.34. The van der Waals surface area contributed by atoms with Crippen LogP contribution in [0, 0.1) is 0 Å². The molecule has 0 saturated carbocycles. The Bertz CT molecular complexity index is 514. The molecule has 0 atom stereocenters. The van der Waals surface area contributed by atoms with Gasteiger partial charge in [0.1, 0.15) is 0 Å². The molecule has 20 heavy (non-hydrogen) atoms. The fourth-order valence-corrected chi connectivity index (χ4v) is 2.65. The molecule has 0 aromatic heterocycles. The van der Waals surface area contributed by atoms with Crippen molar-refractivity contribution in [3.8, 4) is 0 Å². The maximum atomic E-state index is 12.0. The fraction of sp³-hybridized carbons (Fsp3) is 0.444. The summed E-state index contributed by atoms with van der Waals surface area (Å²) >= 11 is 0. The number of halogens is 2. The lowest BCUT2D eigenvalue weighted by Crippen LogP contribution is -1.91. The minimum atomic E-state index is -2.13. The molecular weight excluding hydrogens is 254 g/mol. The minimum Gasteiger partial charge on any atom is -0.211 e. The van der Waals surface area contributed by atoms with Gasteiger partial charge in [-0.15, -0.1) is 0 Å². The smallest absolute Gasteiger partial charge is 0.211 e. The molecule has 0 saturated heterocycles. The molecule has 0 N–H and O–H groups in total. The predicted molar refractivity (Wildman–Crippen MR) is 81.4 cm³/mol. The zero-order chi connectivity index (χ0) is 14.2. The van der Waals surface area contributed by atoms with Crippen molar-refractivity contribution < 1.29 is 8.78 Å². The summed E-state index contributed by atoms with van der Waals surface area (Å²) in [6.45, 7) is 0. The van der Waals surface area contributed by atoms with Crippen LogP contribution in [0.3, 0.4) is 0 Å². The number of rotatable bonds is 8. The van der Waals surface area contributed by atoms with Crippen LogP contribution >= 0.6 is 0 Å². The SMILES string of the molecule is FC(F)CCCCCCCc1cccc2ccccc12. The van der Waals surface area contributed by atoms with Crippen LogP contribution in [0.4, 0.5) is 8.78 Å². The van der Waals surface area contributed by atoms with Crippen molar-refractivity contribution in [3.63, 3.8) is 0 Å². The van der Waals surface area contributed by atoms with Crippen molar-refractivity contribution in [2.75, 3.05) is 0 Å². The molecule has 0 bridgehead atoms. The molecule has 0 spiro atoms. The first kappa shape index (κ1) is 15.0. The molecular formula is C18H22F2. The maximum absolute atomic E-state index is 12.0. The third-order valence-corrected chi connectivity index (χ3v) is 3.75. The van der Waals surface area contributed by atoms with Gasteiger partial charge in [-0.1, -0.05) is 61.7 Å². The van der Waals surface area contributed by atoms with Crippen LogP contribution in [0.5, 0.6) is 0 Å². The average Bonchev–Trinajstić information content (AvgIpc) is 2.46. The summed E-state index contributed by atoms with van der Waals surface area (Å²) in [5.74, 6) is 0. The normalized spacial score (nSPS) is 11.3. The molecule has 0 aliphatic carbocycles. The average molecular weight is 276 g/mol. The highest BCUT2D eigenvalue weighted by molar-refractivity contribution is 5.85. The van der Waals surface area contributed by atoms with Gasteiger partial charge in [-0.2, -0.15) is 0 Å². The molecule has 2 aromatic carbocycles. The Morgan fingerprint density at radius 1 is 0.750 bits per heavy atom. The van der Waals surface area contributed by atoms with E-state index in [1.807, 2.05) is 0 Å². The lowest BCUT2D eigenvalue weighted by Gasteiger charge is -2.06. The van der Waals surface area contributed by atoms with Gasteiger partial charge < -0.3 is 0 Å². The molecule has 2 aromatic rings. The third-order valence-electron chi connectivity index (χ3n) is 3.75. The minimum absolute atomic E-state index is 0.0589. The maximum Gasteiger partial charge on any atom is 0.238 e. The molecule has 0 amide bonds. The Hall–Kier alpha value is -1.44. The van der Waals surface area contributed by atoms with Crippen molar-refractivity contribution in [2.45, 2.75) is 51.4 Å². The quantitative estimate of drug-likeness (QED) is 0.520. The molecule has 0 radical (unpaired) electrons. The molecule has 0 aliphatic heterocycles. The van der Waals surface area contributed by atoms with E-state index in [9.17, 15) is 8.78 Å². The van der Waals surface area contributed by atoms with Crippen molar-refractivity contribution >= 4 is 10.8 Å². The van der Waals surface area contributed by atoms with E-state index in [-0.39, 0.29) is 6.42 Å². The van der Waals surface area contributed by atoms with E-state index >= 15 is 0 Å². The van der Waals surface area contributed by atoms with Gasteiger partial charge in [-0.3, -0.25) is 0 Å². The van der Waals surface area contributed by atoms with Gasteiger partial charge >= 0.3 is 0 Å². The largest absolute Gasteiger partial charge is 0.238 e. The van der Waals surface area contributed by atoms with E-state index < -0.39 is 6.43 Å². The summed E-state index contributed by atoms with van der Waals surface area (Å²) in [5, 5.41) is 2.63. The molecule has 0 fully saturated rings. The first-order valence-corrected chi connectivity index (χ1v) is 7.52. The first-order chi connectivity index (χ1) is 9.77. The van der Waals surface area contributed by atoms with E-state index in [4.69, 9.17) is 0 Å². The van der Waals surface area contributed by atoms with Crippen LogP contribution in [-0.2, 0) is 6.42 Å². The first-order valence-electron chi connectivity index (χ1n) is 7.52.